The van der Waals surface area contributed by atoms with E-state index in [1.54, 1.807) is 6.08 Å². The van der Waals surface area contributed by atoms with Crippen LogP contribution in [-0.4, -0.2) is 25.2 Å². The van der Waals surface area contributed by atoms with E-state index in [1.807, 2.05) is 36.4 Å². The number of carbonyl (C=O) groups excluding carboxylic acids is 2. The largest absolute Gasteiger partial charge is 0.493 e. The van der Waals surface area contributed by atoms with Crippen LogP contribution in [0, 0.1) is 0 Å². The predicted molar refractivity (Wildman–Crippen MR) is 112 cm³/mol. The predicted octanol–water partition coefficient (Wildman–Crippen LogP) is 4.01. The Bertz CT molecular complexity index is 894. The van der Waals surface area contributed by atoms with Crippen molar-refractivity contribution in [3.05, 3.63) is 65.4 Å². The Morgan fingerprint density at radius 2 is 1.38 bits per heavy atom. The molecule has 6 nitrogen and oxygen atoms in total. The molecule has 0 spiro atoms. The van der Waals surface area contributed by atoms with Crippen LogP contribution in [0.15, 0.2) is 54.2 Å². The molecular formula is C23H26N2O4. The van der Waals surface area contributed by atoms with Gasteiger partial charge in [0.2, 0.25) is 0 Å². The molecule has 3 amide bonds. The molecule has 0 bridgehead atoms. The Balaban J connectivity index is 1.40. The van der Waals surface area contributed by atoms with Gasteiger partial charge >= 0.3 is 6.03 Å². The number of urea groups is 1. The molecule has 0 unspecified atom stereocenters. The highest BCUT2D eigenvalue weighted by Gasteiger charge is 2.22. The van der Waals surface area contributed by atoms with E-state index < -0.39 is 11.9 Å². The lowest BCUT2D eigenvalue weighted by atomic mass is 9.87. The third-order valence-electron chi connectivity index (χ3n) is 4.46. The Kier molecular flexibility index (Phi) is 6.22. The quantitative estimate of drug-likeness (QED) is 0.423. The number of rotatable bonds is 7. The first-order valence-corrected chi connectivity index (χ1v) is 9.61. The average molecular weight is 394 g/mol. The molecule has 1 aliphatic rings. The fourth-order valence-electron chi connectivity index (χ4n) is 2.80. The summed E-state index contributed by atoms with van der Waals surface area (Å²) in [6.45, 7) is 7.68. The fraction of sp³-hybridized carbons (Fsp3) is 0.304. The van der Waals surface area contributed by atoms with E-state index in [2.05, 4.69) is 43.5 Å². The second kappa shape index (κ2) is 8.82. The molecule has 0 radical (unpaired) electrons. The van der Waals surface area contributed by atoms with E-state index in [9.17, 15) is 9.59 Å². The van der Waals surface area contributed by atoms with Crippen LogP contribution in [-0.2, 0) is 10.2 Å². The monoisotopic (exact) mass is 394 g/mol. The van der Waals surface area contributed by atoms with Gasteiger partial charge in [-0.3, -0.25) is 10.1 Å². The van der Waals surface area contributed by atoms with Crippen LogP contribution in [0.3, 0.4) is 0 Å². The van der Waals surface area contributed by atoms with Crippen molar-refractivity contribution in [3.63, 3.8) is 0 Å². The first-order valence-electron chi connectivity index (χ1n) is 9.61. The number of hydrogen-bond donors (Lipinski definition) is 2. The molecule has 1 saturated heterocycles. The number of carbonyl (C=O) groups is 2. The van der Waals surface area contributed by atoms with Crippen molar-refractivity contribution < 1.29 is 19.1 Å². The van der Waals surface area contributed by atoms with Gasteiger partial charge in [0.25, 0.3) is 5.91 Å². The van der Waals surface area contributed by atoms with Crippen LogP contribution in [0.4, 0.5) is 4.79 Å². The highest BCUT2D eigenvalue weighted by atomic mass is 16.5. The zero-order chi connectivity index (χ0) is 20.9. The first-order chi connectivity index (χ1) is 13.8. The lowest BCUT2D eigenvalue weighted by Crippen LogP contribution is -2.22. The Hall–Kier alpha value is -3.28. The fourth-order valence-corrected chi connectivity index (χ4v) is 2.80. The van der Waals surface area contributed by atoms with Crippen molar-refractivity contribution >= 4 is 18.0 Å². The van der Waals surface area contributed by atoms with Crippen LogP contribution in [0.1, 0.15) is 38.3 Å². The van der Waals surface area contributed by atoms with Gasteiger partial charge in [0.05, 0.1) is 13.2 Å². The number of nitrogens with one attached hydrogen (secondary N) is 2. The second-order valence-electron chi connectivity index (χ2n) is 7.86. The van der Waals surface area contributed by atoms with Crippen LogP contribution in [0.2, 0.25) is 0 Å². The topological polar surface area (TPSA) is 76.7 Å². The molecule has 152 valence electrons. The maximum absolute atomic E-state index is 11.5. The minimum absolute atomic E-state index is 0.135. The molecular weight excluding hydrogens is 368 g/mol. The summed E-state index contributed by atoms with van der Waals surface area (Å²) in [4.78, 5) is 22.6. The van der Waals surface area contributed by atoms with Crippen LogP contribution in [0.5, 0.6) is 11.5 Å². The van der Waals surface area contributed by atoms with E-state index in [0.717, 1.165) is 23.5 Å². The third kappa shape index (κ3) is 5.85. The molecule has 2 N–H and O–H groups in total. The van der Waals surface area contributed by atoms with Gasteiger partial charge in [0.15, 0.2) is 0 Å². The van der Waals surface area contributed by atoms with Crippen LogP contribution >= 0.6 is 0 Å². The van der Waals surface area contributed by atoms with Gasteiger partial charge in [0.1, 0.15) is 17.2 Å². The zero-order valence-electron chi connectivity index (χ0n) is 17.0. The summed E-state index contributed by atoms with van der Waals surface area (Å²) in [6, 6.07) is 15.0. The van der Waals surface area contributed by atoms with Crippen molar-refractivity contribution in [2.75, 3.05) is 13.2 Å². The molecule has 1 aliphatic heterocycles. The normalized spacial score (nSPS) is 15.2. The molecule has 0 aromatic heterocycles. The minimum atomic E-state index is -0.506. The summed E-state index contributed by atoms with van der Waals surface area (Å²) in [6.07, 6.45) is 2.38. The molecule has 0 aliphatic carbocycles. The van der Waals surface area contributed by atoms with Crippen molar-refractivity contribution in [2.45, 2.75) is 32.6 Å². The maximum Gasteiger partial charge on any atom is 0.326 e. The molecule has 2 aromatic carbocycles. The minimum Gasteiger partial charge on any atom is -0.493 e. The highest BCUT2D eigenvalue weighted by Crippen LogP contribution is 2.24. The Morgan fingerprint density at radius 3 is 1.86 bits per heavy atom. The van der Waals surface area contributed by atoms with Gasteiger partial charge in [-0.2, -0.15) is 0 Å². The number of benzene rings is 2. The van der Waals surface area contributed by atoms with Gasteiger partial charge in [-0.25, -0.2) is 4.79 Å². The van der Waals surface area contributed by atoms with Crippen LogP contribution < -0.4 is 20.1 Å². The van der Waals surface area contributed by atoms with E-state index in [-0.39, 0.29) is 11.1 Å². The molecule has 0 saturated carbocycles. The zero-order valence-corrected chi connectivity index (χ0v) is 17.0. The molecule has 1 heterocycles. The molecule has 2 aromatic rings. The molecule has 0 atom stereocenters. The van der Waals surface area contributed by atoms with Gasteiger partial charge in [-0.15, -0.1) is 0 Å². The van der Waals surface area contributed by atoms with Gasteiger partial charge in [-0.05, 0) is 46.9 Å². The van der Waals surface area contributed by atoms with Crippen molar-refractivity contribution in [3.8, 4) is 11.5 Å². The maximum atomic E-state index is 11.5. The summed E-state index contributed by atoms with van der Waals surface area (Å²) in [7, 11) is 0. The Morgan fingerprint density at radius 1 is 0.828 bits per heavy atom. The molecule has 1 fully saturated rings. The number of ether oxygens (including phenoxy) is 2. The summed E-state index contributed by atoms with van der Waals surface area (Å²) in [5.41, 5.74) is 2.45. The lowest BCUT2D eigenvalue weighted by molar-refractivity contribution is -0.115. The van der Waals surface area contributed by atoms with E-state index in [1.165, 1.54) is 5.56 Å². The summed E-state index contributed by atoms with van der Waals surface area (Å²) in [5, 5.41) is 4.62. The smallest absolute Gasteiger partial charge is 0.326 e. The van der Waals surface area contributed by atoms with Crippen molar-refractivity contribution in [1.82, 2.24) is 10.6 Å². The first kappa shape index (κ1) is 20.5. The third-order valence-corrected chi connectivity index (χ3v) is 4.46. The summed E-state index contributed by atoms with van der Waals surface area (Å²) in [5.74, 6) is 1.17. The Labute approximate surface area is 170 Å². The van der Waals surface area contributed by atoms with Gasteiger partial charge in [-0.1, -0.05) is 45.0 Å². The average Bonchev–Trinajstić information content (AvgIpc) is 2.99. The second-order valence-corrected chi connectivity index (χ2v) is 7.86. The van der Waals surface area contributed by atoms with Crippen molar-refractivity contribution in [2.24, 2.45) is 0 Å². The van der Waals surface area contributed by atoms with Crippen molar-refractivity contribution in [1.29, 1.82) is 0 Å². The van der Waals surface area contributed by atoms with E-state index >= 15 is 0 Å². The lowest BCUT2D eigenvalue weighted by Gasteiger charge is -2.19. The standard InChI is InChI=1S/C23H26N2O4/c1-23(2,3)17-7-11-19(12-8-17)29-14-4-13-28-18-9-5-16(6-10-18)15-20-21(26)25-22(27)24-20/h5-12,15H,4,13-14H2,1-3H3,(H2,24,25,26,27). The van der Waals surface area contributed by atoms with Gasteiger partial charge < -0.3 is 14.8 Å². The SMILES string of the molecule is CC(C)(C)c1ccc(OCCCOc2ccc(C=C3NC(=O)NC3=O)cc2)cc1. The van der Waals surface area contributed by atoms with Gasteiger partial charge in [0, 0.05) is 6.42 Å². The molecule has 29 heavy (non-hydrogen) atoms. The summed E-state index contributed by atoms with van der Waals surface area (Å²) < 4.78 is 11.5. The van der Waals surface area contributed by atoms with Crippen LogP contribution in [0.25, 0.3) is 6.08 Å². The number of amides is 3. The molecule has 3 rings (SSSR count). The highest BCUT2D eigenvalue weighted by molar-refractivity contribution is 6.13. The van der Waals surface area contributed by atoms with E-state index in [0.29, 0.717) is 13.2 Å². The molecule has 6 heteroatoms. The summed E-state index contributed by atoms with van der Waals surface area (Å²) >= 11 is 0. The number of hydrogen-bond acceptors (Lipinski definition) is 4. The number of imide groups is 1. The van der Waals surface area contributed by atoms with E-state index in [4.69, 9.17) is 9.47 Å².